The molecule has 1 saturated heterocycles. The van der Waals surface area contributed by atoms with Gasteiger partial charge in [-0.1, -0.05) is 20.3 Å². The minimum absolute atomic E-state index is 0.796. The summed E-state index contributed by atoms with van der Waals surface area (Å²) in [6, 6.07) is 1.59. The van der Waals surface area contributed by atoms with E-state index in [1.165, 1.54) is 45.2 Å². The minimum atomic E-state index is 0.796. The monoisotopic (exact) mass is 238 g/mol. The highest BCUT2D eigenvalue weighted by molar-refractivity contribution is 4.88. The third-order valence-corrected chi connectivity index (χ3v) is 5.10. The van der Waals surface area contributed by atoms with Crippen molar-refractivity contribution in [3.05, 3.63) is 0 Å². The van der Waals surface area contributed by atoms with Crippen LogP contribution in [-0.4, -0.2) is 36.6 Å². The van der Waals surface area contributed by atoms with Gasteiger partial charge in [0.15, 0.2) is 0 Å². The van der Waals surface area contributed by atoms with E-state index < -0.39 is 0 Å². The SMILES string of the molecule is CCNC1CCCC1CN1CCCC(C)C1C. The number of likely N-dealkylation sites (tertiary alicyclic amines) is 1. The van der Waals surface area contributed by atoms with E-state index in [0.29, 0.717) is 0 Å². The van der Waals surface area contributed by atoms with Crippen LogP contribution in [0.3, 0.4) is 0 Å². The van der Waals surface area contributed by atoms with Crippen molar-refractivity contribution < 1.29 is 0 Å². The Bertz CT molecular complexity index is 229. The molecule has 2 heteroatoms. The molecule has 1 heterocycles. The first-order chi connectivity index (χ1) is 8.22. The van der Waals surface area contributed by atoms with E-state index in [2.05, 4.69) is 31.0 Å². The minimum Gasteiger partial charge on any atom is -0.314 e. The van der Waals surface area contributed by atoms with Gasteiger partial charge in [0.05, 0.1) is 0 Å². The highest BCUT2D eigenvalue weighted by atomic mass is 15.2. The molecule has 0 aromatic rings. The summed E-state index contributed by atoms with van der Waals surface area (Å²) in [6.45, 7) is 10.9. The zero-order valence-corrected chi connectivity index (χ0v) is 11.9. The summed E-state index contributed by atoms with van der Waals surface area (Å²) < 4.78 is 0. The molecule has 2 rings (SSSR count). The van der Waals surface area contributed by atoms with Crippen LogP contribution in [0.25, 0.3) is 0 Å². The molecule has 1 N–H and O–H groups in total. The summed E-state index contributed by atoms with van der Waals surface area (Å²) >= 11 is 0. The molecule has 1 aliphatic heterocycles. The first-order valence-corrected chi connectivity index (χ1v) is 7.69. The lowest BCUT2D eigenvalue weighted by atomic mass is 9.90. The van der Waals surface area contributed by atoms with Crippen molar-refractivity contribution in [1.29, 1.82) is 0 Å². The van der Waals surface area contributed by atoms with Gasteiger partial charge in [-0.3, -0.25) is 0 Å². The van der Waals surface area contributed by atoms with E-state index in [4.69, 9.17) is 0 Å². The predicted octanol–water partition coefficient (Wildman–Crippen LogP) is 2.89. The molecule has 2 nitrogen and oxygen atoms in total. The van der Waals surface area contributed by atoms with Crippen molar-refractivity contribution in [1.82, 2.24) is 10.2 Å². The lowest BCUT2D eigenvalue weighted by Crippen LogP contribution is -2.47. The van der Waals surface area contributed by atoms with E-state index in [1.54, 1.807) is 0 Å². The highest BCUT2D eigenvalue weighted by Gasteiger charge is 2.31. The zero-order chi connectivity index (χ0) is 12.3. The molecule has 2 aliphatic rings. The first kappa shape index (κ1) is 13.4. The van der Waals surface area contributed by atoms with Gasteiger partial charge >= 0.3 is 0 Å². The molecule has 1 saturated carbocycles. The average molecular weight is 238 g/mol. The molecule has 0 aromatic heterocycles. The molecule has 0 bridgehead atoms. The zero-order valence-electron chi connectivity index (χ0n) is 11.9. The molecule has 0 radical (unpaired) electrons. The van der Waals surface area contributed by atoms with Crippen LogP contribution >= 0.6 is 0 Å². The summed E-state index contributed by atoms with van der Waals surface area (Å²) in [5.74, 6) is 1.80. The highest BCUT2D eigenvalue weighted by Crippen LogP contribution is 2.30. The molecular formula is C15H30N2. The third-order valence-electron chi connectivity index (χ3n) is 5.10. The first-order valence-electron chi connectivity index (χ1n) is 7.69. The Morgan fingerprint density at radius 1 is 1.12 bits per heavy atom. The van der Waals surface area contributed by atoms with Crippen LogP contribution in [-0.2, 0) is 0 Å². The van der Waals surface area contributed by atoms with E-state index in [9.17, 15) is 0 Å². The van der Waals surface area contributed by atoms with Gasteiger partial charge < -0.3 is 10.2 Å². The fraction of sp³-hybridized carbons (Fsp3) is 1.00. The summed E-state index contributed by atoms with van der Waals surface area (Å²) in [6.07, 6.45) is 7.11. The normalized spacial score (nSPS) is 39.7. The van der Waals surface area contributed by atoms with E-state index in [-0.39, 0.29) is 0 Å². The number of nitrogens with zero attached hydrogens (tertiary/aromatic N) is 1. The largest absolute Gasteiger partial charge is 0.314 e. The second-order valence-corrected chi connectivity index (χ2v) is 6.21. The molecule has 4 atom stereocenters. The van der Waals surface area contributed by atoms with Gasteiger partial charge in [0, 0.05) is 18.6 Å². The second kappa shape index (κ2) is 6.19. The summed E-state index contributed by atoms with van der Waals surface area (Å²) in [5.41, 5.74) is 0. The predicted molar refractivity (Wildman–Crippen MR) is 74.2 cm³/mol. The molecule has 100 valence electrons. The number of piperidine rings is 1. The molecule has 4 unspecified atom stereocenters. The van der Waals surface area contributed by atoms with Crippen LogP contribution in [0.5, 0.6) is 0 Å². The number of rotatable bonds is 4. The van der Waals surface area contributed by atoms with Gasteiger partial charge in [-0.05, 0) is 57.5 Å². The van der Waals surface area contributed by atoms with E-state index >= 15 is 0 Å². The van der Waals surface area contributed by atoms with Gasteiger partial charge in [-0.15, -0.1) is 0 Å². The quantitative estimate of drug-likeness (QED) is 0.810. The van der Waals surface area contributed by atoms with Crippen molar-refractivity contribution in [2.45, 2.75) is 65.0 Å². The van der Waals surface area contributed by atoms with Gasteiger partial charge in [0.25, 0.3) is 0 Å². The number of nitrogens with one attached hydrogen (secondary N) is 1. The Morgan fingerprint density at radius 3 is 2.71 bits per heavy atom. The maximum absolute atomic E-state index is 3.68. The fourth-order valence-corrected chi connectivity index (χ4v) is 3.77. The standard InChI is InChI=1S/C15H30N2/c1-4-16-15-9-5-8-14(15)11-17-10-6-7-12(2)13(17)3/h12-16H,4-11H2,1-3H3. The summed E-state index contributed by atoms with van der Waals surface area (Å²) in [7, 11) is 0. The molecule has 17 heavy (non-hydrogen) atoms. The molecule has 2 fully saturated rings. The van der Waals surface area contributed by atoms with Gasteiger partial charge in [-0.2, -0.15) is 0 Å². The maximum atomic E-state index is 3.68. The Kier molecular flexibility index (Phi) is 4.87. The van der Waals surface area contributed by atoms with Crippen LogP contribution in [0, 0.1) is 11.8 Å². The Balaban J connectivity index is 1.86. The third kappa shape index (κ3) is 3.23. The van der Waals surface area contributed by atoms with Crippen LogP contribution in [0.4, 0.5) is 0 Å². The maximum Gasteiger partial charge on any atom is 0.0107 e. The van der Waals surface area contributed by atoms with Crippen molar-refractivity contribution in [2.24, 2.45) is 11.8 Å². The number of hydrogen-bond acceptors (Lipinski definition) is 2. The lowest BCUT2D eigenvalue weighted by Gasteiger charge is -2.40. The molecular weight excluding hydrogens is 208 g/mol. The van der Waals surface area contributed by atoms with Crippen LogP contribution < -0.4 is 5.32 Å². The van der Waals surface area contributed by atoms with Crippen molar-refractivity contribution >= 4 is 0 Å². The molecule has 0 spiro atoms. The van der Waals surface area contributed by atoms with Crippen molar-refractivity contribution in [2.75, 3.05) is 19.6 Å². The van der Waals surface area contributed by atoms with Gasteiger partial charge in [-0.25, -0.2) is 0 Å². The van der Waals surface area contributed by atoms with E-state index in [0.717, 1.165) is 30.5 Å². The van der Waals surface area contributed by atoms with Gasteiger partial charge in [0.2, 0.25) is 0 Å². The Hall–Kier alpha value is -0.0800. The Morgan fingerprint density at radius 2 is 1.94 bits per heavy atom. The summed E-state index contributed by atoms with van der Waals surface area (Å²) in [5, 5.41) is 3.68. The lowest BCUT2D eigenvalue weighted by molar-refractivity contribution is 0.0908. The van der Waals surface area contributed by atoms with E-state index in [1.807, 2.05) is 0 Å². The number of hydrogen-bond donors (Lipinski definition) is 1. The van der Waals surface area contributed by atoms with Gasteiger partial charge in [0.1, 0.15) is 0 Å². The van der Waals surface area contributed by atoms with Crippen LogP contribution in [0.2, 0.25) is 0 Å². The topological polar surface area (TPSA) is 15.3 Å². The molecule has 1 aliphatic carbocycles. The van der Waals surface area contributed by atoms with Crippen molar-refractivity contribution in [3.8, 4) is 0 Å². The second-order valence-electron chi connectivity index (χ2n) is 6.21. The van der Waals surface area contributed by atoms with Crippen molar-refractivity contribution in [3.63, 3.8) is 0 Å². The summed E-state index contributed by atoms with van der Waals surface area (Å²) in [4.78, 5) is 2.76. The fourth-order valence-electron chi connectivity index (χ4n) is 3.77. The average Bonchev–Trinajstić information content (AvgIpc) is 2.73. The van der Waals surface area contributed by atoms with Crippen LogP contribution in [0.1, 0.15) is 52.9 Å². The molecule has 0 amide bonds. The molecule has 0 aromatic carbocycles. The Labute approximate surface area is 107 Å². The van der Waals surface area contributed by atoms with Crippen LogP contribution in [0.15, 0.2) is 0 Å². The smallest absolute Gasteiger partial charge is 0.0107 e.